The van der Waals surface area contributed by atoms with Gasteiger partial charge in [-0.25, -0.2) is 0 Å². The number of hydrogen-bond donors (Lipinski definition) is 1. The Labute approximate surface area is 94.0 Å². The number of nitrogens with zero attached hydrogens (tertiary/aromatic N) is 1. The predicted octanol–water partition coefficient (Wildman–Crippen LogP) is 1.11. The molecule has 0 unspecified atom stereocenters. The van der Waals surface area contributed by atoms with Gasteiger partial charge in [0.05, 0.1) is 5.69 Å². The van der Waals surface area contributed by atoms with Crippen molar-refractivity contribution < 1.29 is 9.59 Å². The maximum atomic E-state index is 11.6. The van der Waals surface area contributed by atoms with Crippen LogP contribution in [0, 0.1) is 6.92 Å². The maximum Gasteiger partial charge on any atom is 0.234 e. The minimum atomic E-state index is -0.123. The molecule has 2 rings (SSSR count). The number of hydrogen-bond acceptors (Lipinski definition) is 3. The van der Waals surface area contributed by atoms with E-state index in [4.69, 9.17) is 5.73 Å². The summed E-state index contributed by atoms with van der Waals surface area (Å²) in [5.41, 5.74) is 8.07. The van der Waals surface area contributed by atoms with Gasteiger partial charge in [0.15, 0.2) is 0 Å². The average Bonchev–Trinajstić information content (AvgIpc) is 2.60. The lowest BCUT2D eigenvalue weighted by atomic mass is 10.1. The SMILES string of the molecule is Cc1ccc(CN)cc1N1C(=O)CCC1=O. The molecule has 1 heterocycles. The van der Waals surface area contributed by atoms with Crippen molar-refractivity contribution in [2.24, 2.45) is 5.73 Å². The minimum Gasteiger partial charge on any atom is -0.326 e. The Morgan fingerprint density at radius 1 is 1.25 bits per heavy atom. The van der Waals surface area contributed by atoms with Crippen molar-refractivity contribution in [2.45, 2.75) is 26.3 Å². The molecule has 0 radical (unpaired) electrons. The van der Waals surface area contributed by atoms with Crippen molar-refractivity contribution in [1.29, 1.82) is 0 Å². The molecule has 4 nitrogen and oxygen atoms in total. The van der Waals surface area contributed by atoms with E-state index in [0.717, 1.165) is 11.1 Å². The van der Waals surface area contributed by atoms with E-state index in [1.165, 1.54) is 4.90 Å². The first-order chi connectivity index (χ1) is 7.63. The van der Waals surface area contributed by atoms with Crippen molar-refractivity contribution >= 4 is 17.5 Å². The lowest BCUT2D eigenvalue weighted by Crippen LogP contribution is -2.29. The highest BCUT2D eigenvalue weighted by Crippen LogP contribution is 2.26. The molecule has 16 heavy (non-hydrogen) atoms. The summed E-state index contributed by atoms with van der Waals surface area (Å²) in [6, 6.07) is 5.61. The molecule has 1 aliphatic heterocycles. The Kier molecular flexibility index (Phi) is 2.75. The molecule has 1 saturated heterocycles. The second-order valence-electron chi connectivity index (χ2n) is 3.95. The molecule has 2 N–H and O–H groups in total. The minimum absolute atomic E-state index is 0.123. The number of carbonyl (C=O) groups is 2. The van der Waals surface area contributed by atoms with Crippen LogP contribution in [-0.4, -0.2) is 11.8 Å². The standard InChI is InChI=1S/C12H14N2O2/c1-8-2-3-9(7-13)6-10(8)14-11(15)4-5-12(14)16/h2-3,6H,4-5,7,13H2,1H3. The van der Waals surface area contributed by atoms with Crippen molar-refractivity contribution in [3.8, 4) is 0 Å². The summed E-state index contributed by atoms with van der Waals surface area (Å²) in [6.07, 6.45) is 0.621. The zero-order valence-corrected chi connectivity index (χ0v) is 9.19. The van der Waals surface area contributed by atoms with Crippen LogP contribution >= 0.6 is 0 Å². The van der Waals surface area contributed by atoms with Crippen LogP contribution in [0.4, 0.5) is 5.69 Å². The molecule has 0 spiro atoms. The van der Waals surface area contributed by atoms with Crippen molar-refractivity contribution in [3.05, 3.63) is 29.3 Å². The highest BCUT2D eigenvalue weighted by Gasteiger charge is 2.31. The summed E-state index contributed by atoms with van der Waals surface area (Å²) < 4.78 is 0. The fraction of sp³-hybridized carbons (Fsp3) is 0.333. The monoisotopic (exact) mass is 218 g/mol. The summed E-state index contributed by atoms with van der Waals surface area (Å²) in [5, 5.41) is 0. The largest absolute Gasteiger partial charge is 0.326 e. The van der Waals surface area contributed by atoms with E-state index in [0.29, 0.717) is 25.1 Å². The number of aryl methyl sites for hydroxylation is 1. The number of rotatable bonds is 2. The Balaban J connectivity index is 2.46. The third kappa shape index (κ3) is 1.72. The van der Waals surface area contributed by atoms with Gasteiger partial charge in [-0.3, -0.25) is 14.5 Å². The Bertz CT molecular complexity index is 438. The molecule has 1 aromatic rings. The molecule has 4 heteroatoms. The lowest BCUT2D eigenvalue weighted by molar-refractivity contribution is -0.121. The highest BCUT2D eigenvalue weighted by molar-refractivity contribution is 6.20. The van der Waals surface area contributed by atoms with Gasteiger partial charge in [0, 0.05) is 19.4 Å². The summed E-state index contributed by atoms with van der Waals surface area (Å²) in [7, 11) is 0. The molecule has 84 valence electrons. The fourth-order valence-electron chi connectivity index (χ4n) is 1.87. The summed E-state index contributed by atoms with van der Waals surface area (Å²) >= 11 is 0. The predicted molar refractivity (Wildman–Crippen MR) is 60.8 cm³/mol. The Morgan fingerprint density at radius 2 is 1.88 bits per heavy atom. The van der Waals surface area contributed by atoms with Gasteiger partial charge >= 0.3 is 0 Å². The van der Waals surface area contributed by atoms with E-state index in [-0.39, 0.29) is 11.8 Å². The zero-order valence-electron chi connectivity index (χ0n) is 9.19. The Morgan fingerprint density at radius 3 is 2.44 bits per heavy atom. The molecule has 0 bridgehead atoms. The van der Waals surface area contributed by atoms with Gasteiger partial charge in [0.25, 0.3) is 0 Å². The number of amides is 2. The number of imide groups is 1. The smallest absolute Gasteiger partial charge is 0.234 e. The second kappa shape index (κ2) is 4.06. The molecule has 1 aromatic carbocycles. The van der Waals surface area contributed by atoms with Crippen LogP contribution in [0.15, 0.2) is 18.2 Å². The summed E-state index contributed by atoms with van der Waals surface area (Å²) in [4.78, 5) is 24.5. The van der Waals surface area contributed by atoms with E-state index in [2.05, 4.69) is 0 Å². The lowest BCUT2D eigenvalue weighted by Gasteiger charge is -2.17. The van der Waals surface area contributed by atoms with Crippen LogP contribution in [0.25, 0.3) is 0 Å². The molecule has 1 fully saturated rings. The van der Waals surface area contributed by atoms with Crippen molar-refractivity contribution in [3.63, 3.8) is 0 Å². The highest BCUT2D eigenvalue weighted by atomic mass is 16.2. The van der Waals surface area contributed by atoms with E-state index < -0.39 is 0 Å². The normalized spacial score (nSPS) is 16.0. The van der Waals surface area contributed by atoms with E-state index in [1.807, 2.05) is 25.1 Å². The van der Waals surface area contributed by atoms with Crippen LogP contribution in [0.3, 0.4) is 0 Å². The molecule has 1 aliphatic rings. The van der Waals surface area contributed by atoms with Crippen LogP contribution in [0.2, 0.25) is 0 Å². The molecular weight excluding hydrogens is 204 g/mol. The number of nitrogens with two attached hydrogens (primary N) is 1. The molecule has 0 saturated carbocycles. The maximum absolute atomic E-state index is 11.6. The molecule has 0 aromatic heterocycles. The number of carbonyl (C=O) groups excluding carboxylic acids is 2. The summed E-state index contributed by atoms with van der Waals surface area (Å²) in [6.45, 7) is 2.29. The third-order valence-corrected chi connectivity index (χ3v) is 2.80. The van der Waals surface area contributed by atoms with Crippen LogP contribution in [-0.2, 0) is 16.1 Å². The Hall–Kier alpha value is -1.68. The second-order valence-corrected chi connectivity index (χ2v) is 3.95. The number of benzene rings is 1. The quantitative estimate of drug-likeness (QED) is 0.756. The first kappa shape index (κ1) is 10.8. The van der Waals surface area contributed by atoms with Crippen LogP contribution < -0.4 is 10.6 Å². The average molecular weight is 218 g/mol. The van der Waals surface area contributed by atoms with Gasteiger partial charge in [-0.1, -0.05) is 12.1 Å². The van der Waals surface area contributed by atoms with Gasteiger partial charge < -0.3 is 5.73 Å². The van der Waals surface area contributed by atoms with Crippen LogP contribution in [0.1, 0.15) is 24.0 Å². The molecule has 0 aliphatic carbocycles. The van der Waals surface area contributed by atoms with Gasteiger partial charge in [0.1, 0.15) is 0 Å². The van der Waals surface area contributed by atoms with Gasteiger partial charge in [-0.15, -0.1) is 0 Å². The first-order valence-corrected chi connectivity index (χ1v) is 5.29. The topological polar surface area (TPSA) is 63.4 Å². The van der Waals surface area contributed by atoms with Crippen molar-refractivity contribution in [1.82, 2.24) is 0 Å². The van der Waals surface area contributed by atoms with E-state index in [1.54, 1.807) is 0 Å². The van der Waals surface area contributed by atoms with Crippen molar-refractivity contribution in [2.75, 3.05) is 4.90 Å². The van der Waals surface area contributed by atoms with E-state index >= 15 is 0 Å². The van der Waals surface area contributed by atoms with Crippen LogP contribution in [0.5, 0.6) is 0 Å². The van der Waals surface area contributed by atoms with E-state index in [9.17, 15) is 9.59 Å². The van der Waals surface area contributed by atoms with Gasteiger partial charge in [0.2, 0.25) is 11.8 Å². The molecular formula is C12H14N2O2. The molecule has 2 amide bonds. The zero-order chi connectivity index (χ0) is 11.7. The third-order valence-electron chi connectivity index (χ3n) is 2.80. The number of anilines is 1. The van der Waals surface area contributed by atoms with Gasteiger partial charge in [-0.05, 0) is 24.1 Å². The summed E-state index contributed by atoms with van der Waals surface area (Å²) in [5.74, 6) is -0.246. The molecule has 0 atom stereocenters. The fourth-order valence-corrected chi connectivity index (χ4v) is 1.87. The van der Waals surface area contributed by atoms with Gasteiger partial charge in [-0.2, -0.15) is 0 Å². The first-order valence-electron chi connectivity index (χ1n) is 5.29.